The van der Waals surface area contributed by atoms with Gasteiger partial charge in [-0.1, -0.05) is 5.16 Å². The number of aromatic nitrogens is 5. The number of pyridine rings is 1. The summed E-state index contributed by atoms with van der Waals surface area (Å²) in [6.45, 7) is 0.907. The summed E-state index contributed by atoms with van der Waals surface area (Å²) in [6, 6.07) is 3.67. The molecule has 24 heavy (non-hydrogen) atoms. The molecule has 3 aromatic heterocycles. The number of ether oxygens (including phenoxy) is 1. The summed E-state index contributed by atoms with van der Waals surface area (Å²) >= 11 is 0. The third-order valence-corrected chi connectivity index (χ3v) is 3.34. The normalized spacial score (nSPS) is 11.0. The fourth-order valence-corrected chi connectivity index (χ4v) is 2.22. The van der Waals surface area contributed by atoms with E-state index in [-0.39, 0.29) is 0 Å². The quantitative estimate of drug-likeness (QED) is 0.674. The molecule has 1 N–H and O–H groups in total. The predicted molar refractivity (Wildman–Crippen MR) is 82.6 cm³/mol. The van der Waals surface area contributed by atoms with Crippen LogP contribution in [0.5, 0.6) is 0 Å². The zero-order chi connectivity index (χ0) is 16.9. The van der Waals surface area contributed by atoms with Gasteiger partial charge >= 0.3 is 5.97 Å². The number of H-pyrrole nitrogens is 1. The number of aromatic amines is 1. The summed E-state index contributed by atoms with van der Waals surface area (Å²) < 4.78 is 9.97. The molecule has 0 aromatic carbocycles. The minimum Gasteiger partial charge on any atom is -0.464 e. The second-order valence-electron chi connectivity index (χ2n) is 5.19. The van der Waals surface area contributed by atoms with E-state index in [0.717, 1.165) is 11.1 Å². The van der Waals surface area contributed by atoms with E-state index in [1.165, 1.54) is 7.11 Å². The van der Waals surface area contributed by atoms with Crippen LogP contribution in [0.15, 0.2) is 35.2 Å². The molecule has 0 saturated heterocycles. The predicted octanol–water partition coefficient (Wildman–Crippen LogP) is 1.27. The topological polar surface area (TPSA) is 110 Å². The minimum absolute atomic E-state index is 0.339. The standard InChI is InChI=1S/C15H16N6O3/c1-21(8-11-7-17-19-13(11)15(22)23-2)9-12-18-14(20-24-12)10-4-3-5-16-6-10/h3-7H,8-9H2,1-2H3,(H,17,19). The van der Waals surface area contributed by atoms with E-state index in [2.05, 4.69) is 25.3 Å². The van der Waals surface area contributed by atoms with Crippen LogP contribution in [-0.4, -0.2) is 50.3 Å². The summed E-state index contributed by atoms with van der Waals surface area (Å²) in [5.74, 6) is 0.511. The maximum Gasteiger partial charge on any atom is 0.356 e. The van der Waals surface area contributed by atoms with E-state index in [1.54, 1.807) is 18.6 Å². The van der Waals surface area contributed by atoms with Gasteiger partial charge in [-0.25, -0.2) is 4.79 Å². The first kappa shape index (κ1) is 15.8. The summed E-state index contributed by atoms with van der Waals surface area (Å²) in [5.41, 5.74) is 1.86. The van der Waals surface area contributed by atoms with Gasteiger partial charge in [0.1, 0.15) is 5.69 Å². The molecule has 0 unspecified atom stereocenters. The molecule has 0 amide bonds. The number of rotatable bonds is 6. The molecule has 3 aromatic rings. The van der Waals surface area contributed by atoms with Gasteiger partial charge in [0, 0.05) is 30.1 Å². The fraction of sp³-hybridized carbons (Fsp3) is 0.267. The van der Waals surface area contributed by atoms with Crippen LogP contribution in [-0.2, 0) is 17.8 Å². The first-order valence-corrected chi connectivity index (χ1v) is 7.19. The van der Waals surface area contributed by atoms with E-state index in [0.29, 0.717) is 30.5 Å². The SMILES string of the molecule is COC(=O)c1[nH]ncc1CN(C)Cc1nc(-c2cccnc2)no1. The van der Waals surface area contributed by atoms with Crippen LogP contribution in [0.2, 0.25) is 0 Å². The van der Waals surface area contributed by atoms with Crippen molar-refractivity contribution in [1.29, 1.82) is 0 Å². The van der Waals surface area contributed by atoms with Crippen LogP contribution in [0.3, 0.4) is 0 Å². The average molecular weight is 328 g/mol. The molecular formula is C15H16N6O3. The van der Waals surface area contributed by atoms with Crippen LogP contribution >= 0.6 is 0 Å². The molecule has 0 aliphatic carbocycles. The highest BCUT2D eigenvalue weighted by Gasteiger charge is 2.17. The number of nitrogens with zero attached hydrogens (tertiary/aromatic N) is 5. The van der Waals surface area contributed by atoms with Crippen molar-refractivity contribution in [2.45, 2.75) is 13.1 Å². The Morgan fingerprint density at radius 3 is 3.00 bits per heavy atom. The Kier molecular flexibility index (Phi) is 4.62. The Labute approximate surface area is 137 Å². The lowest BCUT2D eigenvalue weighted by molar-refractivity contribution is 0.0591. The molecule has 3 rings (SSSR count). The summed E-state index contributed by atoms with van der Waals surface area (Å²) in [5, 5.41) is 10.5. The van der Waals surface area contributed by atoms with Gasteiger partial charge in [0.2, 0.25) is 11.7 Å². The summed E-state index contributed by atoms with van der Waals surface area (Å²) in [7, 11) is 3.21. The zero-order valence-corrected chi connectivity index (χ0v) is 13.3. The first-order valence-electron chi connectivity index (χ1n) is 7.19. The molecule has 3 heterocycles. The zero-order valence-electron chi connectivity index (χ0n) is 13.3. The minimum atomic E-state index is -0.451. The number of carbonyl (C=O) groups excluding carboxylic acids is 1. The van der Waals surface area contributed by atoms with Crippen molar-refractivity contribution < 1.29 is 14.1 Å². The van der Waals surface area contributed by atoms with Gasteiger partial charge in [0.15, 0.2) is 0 Å². The number of hydrogen-bond acceptors (Lipinski definition) is 8. The smallest absolute Gasteiger partial charge is 0.356 e. The lowest BCUT2D eigenvalue weighted by atomic mass is 10.2. The van der Waals surface area contributed by atoms with E-state index in [4.69, 9.17) is 9.26 Å². The molecule has 0 saturated carbocycles. The van der Waals surface area contributed by atoms with Gasteiger partial charge in [-0.15, -0.1) is 0 Å². The molecule has 0 spiro atoms. The van der Waals surface area contributed by atoms with Gasteiger partial charge in [0.25, 0.3) is 0 Å². The molecule has 0 bridgehead atoms. The molecule has 0 aliphatic heterocycles. The summed E-state index contributed by atoms with van der Waals surface area (Å²) in [6.07, 6.45) is 4.95. The number of hydrogen-bond donors (Lipinski definition) is 1. The maximum atomic E-state index is 11.6. The van der Waals surface area contributed by atoms with Crippen molar-refractivity contribution >= 4 is 5.97 Å². The van der Waals surface area contributed by atoms with E-state index >= 15 is 0 Å². The number of methoxy groups -OCH3 is 1. The average Bonchev–Trinajstić information content (AvgIpc) is 3.24. The second kappa shape index (κ2) is 7.01. The van der Waals surface area contributed by atoms with E-state index in [9.17, 15) is 4.79 Å². The first-order chi connectivity index (χ1) is 11.7. The van der Waals surface area contributed by atoms with Gasteiger partial charge in [-0.05, 0) is 19.2 Å². The highest BCUT2D eigenvalue weighted by molar-refractivity contribution is 5.88. The highest BCUT2D eigenvalue weighted by atomic mass is 16.5. The Morgan fingerprint density at radius 1 is 1.38 bits per heavy atom. The molecule has 9 heteroatoms. The molecule has 0 radical (unpaired) electrons. The maximum absolute atomic E-state index is 11.6. The van der Waals surface area contributed by atoms with Crippen molar-refractivity contribution in [2.75, 3.05) is 14.2 Å². The molecule has 0 atom stereocenters. The Balaban J connectivity index is 1.66. The molecule has 0 fully saturated rings. The Bertz CT molecular complexity index is 813. The Morgan fingerprint density at radius 2 is 2.25 bits per heavy atom. The molecular weight excluding hydrogens is 312 g/mol. The highest BCUT2D eigenvalue weighted by Crippen LogP contribution is 2.15. The van der Waals surface area contributed by atoms with Crippen LogP contribution in [0.4, 0.5) is 0 Å². The number of esters is 1. The van der Waals surface area contributed by atoms with Crippen LogP contribution in [0.25, 0.3) is 11.4 Å². The van der Waals surface area contributed by atoms with E-state index < -0.39 is 5.97 Å². The third-order valence-electron chi connectivity index (χ3n) is 3.34. The largest absolute Gasteiger partial charge is 0.464 e. The lowest BCUT2D eigenvalue weighted by Gasteiger charge is -2.13. The van der Waals surface area contributed by atoms with E-state index in [1.807, 2.05) is 24.1 Å². The number of nitrogens with one attached hydrogen (secondary N) is 1. The van der Waals surface area contributed by atoms with Crippen molar-refractivity contribution in [2.24, 2.45) is 0 Å². The van der Waals surface area contributed by atoms with Gasteiger partial charge in [-0.2, -0.15) is 10.1 Å². The van der Waals surface area contributed by atoms with Crippen molar-refractivity contribution in [1.82, 2.24) is 30.2 Å². The summed E-state index contributed by atoms with van der Waals surface area (Å²) in [4.78, 5) is 21.9. The molecule has 9 nitrogen and oxygen atoms in total. The second-order valence-corrected chi connectivity index (χ2v) is 5.19. The molecule has 0 aliphatic rings. The van der Waals surface area contributed by atoms with Crippen molar-refractivity contribution in [3.8, 4) is 11.4 Å². The monoisotopic (exact) mass is 328 g/mol. The number of carbonyl (C=O) groups is 1. The Hall–Kier alpha value is -3.07. The fourth-order valence-electron chi connectivity index (χ4n) is 2.22. The van der Waals surface area contributed by atoms with Crippen molar-refractivity contribution in [3.63, 3.8) is 0 Å². The van der Waals surface area contributed by atoms with Gasteiger partial charge < -0.3 is 9.26 Å². The van der Waals surface area contributed by atoms with Crippen LogP contribution in [0, 0.1) is 0 Å². The third kappa shape index (κ3) is 3.46. The van der Waals surface area contributed by atoms with Crippen LogP contribution in [0.1, 0.15) is 21.9 Å². The lowest BCUT2D eigenvalue weighted by Crippen LogP contribution is -2.19. The molecule has 124 valence electrons. The van der Waals surface area contributed by atoms with Gasteiger partial charge in [0.05, 0.1) is 19.9 Å². The van der Waals surface area contributed by atoms with Crippen molar-refractivity contribution in [3.05, 3.63) is 47.9 Å². The van der Waals surface area contributed by atoms with Gasteiger partial charge in [-0.3, -0.25) is 15.0 Å². The van der Waals surface area contributed by atoms with Crippen LogP contribution < -0.4 is 0 Å².